The second-order valence-corrected chi connectivity index (χ2v) is 7.22. The molecular weight excluding hydrogens is 352 g/mol. The Morgan fingerprint density at radius 1 is 0.964 bits per heavy atom. The van der Waals surface area contributed by atoms with E-state index in [4.69, 9.17) is 14.2 Å². The maximum absolute atomic E-state index is 5.54. The van der Waals surface area contributed by atoms with Crippen LogP contribution in [0.1, 0.15) is 18.4 Å². The molecule has 0 radical (unpaired) electrons. The third-order valence-corrected chi connectivity index (χ3v) is 5.47. The molecule has 5 nitrogen and oxygen atoms in total. The van der Waals surface area contributed by atoms with Crippen molar-refractivity contribution in [3.63, 3.8) is 0 Å². The van der Waals surface area contributed by atoms with Crippen LogP contribution in [0.15, 0.2) is 42.5 Å². The molecule has 0 bridgehead atoms. The van der Waals surface area contributed by atoms with Gasteiger partial charge in [-0.2, -0.15) is 0 Å². The van der Waals surface area contributed by atoms with Gasteiger partial charge in [-0.15, -0.1) is 0 Å². The summed E-state index contributed by atoms with van der Waals surface area (Å²) in [5.74, 6) is 1.53. The normalized spacial score (nSPS) is 15.5. The molecule has 152 valence electrons. The number of ether oxygens (including phenoxy) is 3. The second kappa shape index (κ2) is 10.5. The standard InChI is InChI=1S/C23H32N2O3/c1-26-14-13-25-11-9-20(10-12-25)24-17-19-15-22(27-2)23(28-3)16-21(19)18-7-5-4-6-8-18/h4-8,15-16,20,24H,9-14,17H2,1-3H3. The molecule has 0 atom stereocenters. The Morgan fingerprint density at radius 3 is 2.29 bits per heavy atom. The quantitative estimate of drug-likeness (QED) is 0.716. The molecule has 5 heteroatoms. The molecule has 2 aromatic rings. The van der Waals surface area contributed by atoms with Gasteiger partial charge in [0.2, 0.25) is 0 Å². The Kier molecular flexibility index (Phi) is 7.71. The minimum absolute atomic E-state index is 0.538. The molecule has 1 fully saturated rings. The van der Waals surface area contributed by atoms with Gasteiger partial charge >= 0.3 is 0 Å². The molecule has 1 aliphatic rings. The van der Waals surface area contributed by atoms with Gasteiger partial charge in [0.25, 0.3) is 0 Å². The van der Waals surface area contributed by atoms with Crippen molar-refractivity contribution in [2.75, 3.05) is 47.6 Å². The van der Waals surface area contributed by atoms with Gasteiger partial charge in [0.05, 0.1) is 20.8 Å². The number of likely N-dealkylation sites (tertiary alicyclic amines) is 1. The number of hydrogen-bond donors (Lipinski definition) is 1. The predicted molar refractivity (Wildman–Crippen MR) is 113 cm³/mol. The Bertz CT molecular complexity index is 728. The van der Waals surface area contributed by atoms with Crippen molar-refractivity contribution in [3.8, 4) is 22.6 Å². The third kappa shape index (κ3) is 5.25. The van der Waals surface area contributed by atoms with Crippen LogP contribution in [-0.2, 0) is 11.3 Å². The van der Waals surface area contributed by atoms with E-state index in [-0.39, 0.29) is 0 Å². The molecule has 0 saturated carbocycles. The molecular formula is C23H32N2O3. The van der Waals surface area contributed by atoms with Gasteiger partial charge in [-0.3, -0.25) is 0 Å². The van der Waals surface area contributed by atoms with E-state index in [1.54, 1.807) is 21.3 Å². The topological polar surface area (TPSA) is 43.0 Å². The zero-order valence-corrected chi connectivity index (χ0v) is 17.2. The van der Waals surface area contributed by atoms with Gasteiger partial charge in [-0.25, -0.2) is 0 Å². The third-order valence-electron chi connectivity index (χ3n) is 5.47. The summed E-state index contributed by atoms with van der Waals surface area (Å²) < 4.78 is 16.3. The summed E-state index contributed by atoms with van der Waals surface area (Å²) in [6.07, 6.45) is 2.33. The first-order valence-corrected chi connectivity index (χ1v) is 10.00. The Morgan fingerprint density at radius 2 is 1.64 bits per heavy atom. The van der Waals surface area contributed by atoms with Crippen LogP contribution >= 0.6 is 0 Å². The van der Waals surface area contributed by atoms with Crippen LogP contribution in [0.25, 0.3) is 11.1 Å². The van der Waals surface area contributed by atoms with E-state index >= 15 is 0 Å². The van der Waals surface area contributed by atoms with Crippen LogP contribution in [0.4, 0.5) is 0 Å². The molecule has 0 spiro atoms. The molecule has 0 unspecified atom stereocenters. The molecule has 1 saturated heterocycles. The fraction of sp³-hybridized carbons (Fsp3) is 0.478. The van der Waals surface area contributed by atoms with E-state index in [2.05, 4.69) is 46.6 Å². The number of piperidine rings is 1. The molecule has 3 rings (SSSR count). The molecule has 1 N–H and O–H groups in total. The monoisotopic (exact) mass is 384 g/mol. The van der Waals surface area contributed by atoms with Gasteiger partial charge in [-0.05, 0) is 54.8 Å². The average Bonchev–Trinajstić information content (AvgIpc) is 2.77. The summed E-state index contributed by atoms with van der Waals surface area (Å²) in [6.45, 7) is 4.89. The first-order chi connectivity index (χ1) is 13.7. The first-order valence-electron chi connectivity index (χ1n) is 10.00. The molecule has 2 aromatic carbocycles. The summed E-state index contributed by atoms with van der Waals surface area (Å²) >= 11 is 0. The van der Waals surface area contributed by atoms with Crippen molar-refractivity contribution in [3.05, 3.63) is 48.0 Å². The van der Waals surface area contributed by atoms with Crippen LogP contribution < -0.4 is 14.8 Å². The van der Waals surface area contributed by atoms with Crippen LogP contribution in [-0.4, -0.2) is 58.5 Å². The van der Waals surface area contributed by atoms with Crippen LogP contribution in [0, 0.1) is 0 Å². The molecule has 0 aliphatic carbocycles. The van der Waals surface area contributed by atoms with E-state index in [9.17, 15) is 0 Å². The summed E-state index contributed by atoms with van der Waals surface area (Å²) in [4.78, 5) is 2.48. The van der Waals surface area contributed by atoms with E-state index in [1.807, 2.05) is 6.07 Å². The second-order valence-electron chi connectivity index (χ2n) is 7.22. The van der Waals surface area contributed by atoms with Gasteiger partial charge in [0.15, 0.2) is 11.5 Å². The highest BCUT2D eigenvalue weighted by Gasteiger charge is 2.19. The number of hydrogen-bond acceptors (Lipinski definition) is 5. The highest BCUT2D eigenvalue weighted by molar-refractivity contribution is 5.71. The number of nitrogens with zero attached hydrogens (tertiary/aromatic N) is 1. The van der Waals surface area contributed by atoms with Gasteiger partial charge in [0.1, 0.15) is 0 Å². The van der Waals surface area contributed by atoms with E-state index in [0.717, 1.165) is 57.1 Å². The maximum Gasteiger partial charge on any atom is 0.161 e. The number of rotatable bonds is 9. The fourth-order valence-electron chi connectivity index (χ4n) is 3.79. The smallest absolute Gasteiger partial charge is 0.161 e. The summed E-state index contributed by atoms with van der Waals surface area (Å²) in [5.41, 5.74) is 3.60. The van der Waals surface area contributed by atoms with E-state index < -0.39 is 0 Å². The Hall–Kier alpha value is -2.08. The lowest BCUT2D eigenvalue weighted by molar-refractivity contribution is 0.126. The number of benzene rings is 2. The molecule has 0 aromatic heterocycles. The van der Waals surface area contributed by atoms with Crippen LogP contribution in [0.2, 0.25) is 0 Å². The lowest BCUT2D eigenvalue weighted by Gasteiger charge is -2.32. The predicted octanol–water partition coefficient (Wildman–Crippen LogP) is 3.57. The zero-order chi connectivity index (χ0) is 19.8. The molecule has 0 amide bonds. The van der Waals surface area contributed by atoms with Crippen molar-refractivity contribution < 1.29 is 14.2 Å². The first kappa shape index (κ1) is 20.6. The van der Waals surface area contributed by atoms with Gasteiger partial charge in [0, 0.05) is 26.2 Å². The number of methoxy groups -OCH3 is 3. The van der Waals surface area contributed by atoms with Crippen molar-refractivity contribution in [1.82, 2.24) is 10.2 Å². The van der Waals surface area contributed by atoms with Crippen molar-refractivity contribution in [2.24, 2.45) is 0 Å². The highest BCUT2D eigenvalue weighted by atomic mass is 16.5. The molecule has 28 heavy (non-hydrogen) atoms. The fourth-order valence-corrected chi connectivity index (χ4v) is 3.79. The average molecular weight is 385 g/mol. The maximum atomic E-state index is 5.54. The largest absolute Gasteiger partial charge is 0.493 e. The minimum atomic E-state index is 0.538. The number of nitrogens with one attached hydrogen (secondary N) is 1. The zero-order valence-electron chi connectivity index (χ0n) is 17.2. The van der Waals surface area contributed by atoms with Crippen molar-refractivity contribution >= 4 is 0 Å². The summed E-state index contributed by atoms with van der Waals surface area (Å²) in [7, 11) is 5.14. The van der Waals surface area contributed by atoms with Crippen molar-refractivity contribution in [1.29, 1.82) is 0 Å². The van der Waals surface area contributed by atoms with E-state index in [1.165, 1.54) is 16.7 Å². The van der Waals surface area contributed by atoms with Gasteiger partial charge < -0.3 is 24.4 Å². The molecule has 1 aliphatic heterocycles. The highest BCUT2D eigenvalue weighted by Crippen LogP contribution is 2.35. The van der Waals surface area contributed by atoms with E-state index in [0.29, 0.717) is 6.04 Å². The van der Waals surface area contributed by atoms with Crippen LogP contribution in [0.3, 0.4) is 0 Å². The molecule has 1 heterocycles. The van der Waals surface area contributed by atoms with Crippen LogP contribution in [0.5, 0.6) is 11.5 Å². The summed E-state index contributed by atoms with van der Waals surface area (Å²) in [6, 6.07) is 15.2. The Balaban J connectivity index is 1.71. The summed E-state index contributed by atoms with van der Waals surface area (Å²) in [5, 5.41) is 3.76. The lowest BCUT2D eigenvalue weighted by atomic mass is 9.97. The Labute approximate surface area is 168 Å². The van der Waals surface area contributed by atoms with Gasteiger partial charge in [-0.1, -0.05) is 30.3 Å². The van der Waals surface area contributed by atoms with Crippen molar-refractivity contribution in [2.45, 2.75) is 25.4 Å². The SMILES string of the molecule is COCCN1CCC(NCc2cc(OC)c(OC)cc2-c2ccccc2)CC1. The minimum Gasteiger partial charge on any atom is -0.493 e. The lowest BCUT2D eigenvalue weighted by Crippen LogP contribution is -2.43.